The molecular formula is C10H16N4O3. The molecule has 0 aromatic carbocycles. The van der Waals surface area contributed by atoms with E-state index in [0.29, 0.717) is 12.4 Å². The lowest BCUT2D eigenvalue weighted by Gasteiger charge is -2.18. The van der Waals surface area contributed by atoms with Crippen LogP contribution in [0.25, 0.3) is 0 Å². The molecular weight excluding hydrogens is 224 g/mol. The fourth-order valence-corrected chi connectivity index (χ4v) is 1.16. The van der Waals surface area contributed by atoms with Gasteiger partial charge in [-0.2, -0.15) is 0 Å². The molecule has 1 heterocycles. The summed E-state index contributed by atoms with van der Waals surface area (Å²) in [4.78, 5) is 22.5. The third-order valence-electron chi connectivity index (χ3n) is 2.55. The third kappa shape index (κ3) is 2.80. The lowest BCUT2D eigenvalue weighted by molar-refractivity contribution is -0.153. The number of aliphatic carboxylic acids is 1. The number of carbonyl (C=O) groups excluding carboxylic acids is 1. The number of rotatable bonds is 5. The number of hydrogen-bond acceptors (Lipinski definition) is 4. The van der Waals surface area contributed by atoms with Gasteiger partial charge in [0.25, 0.3) is 0 Å². The molecule has 0 spiro atoms. The van der Waals surface area contributed by atoms with Gasteiger partial charge in [0.1, 0.15) is 11.7 Å². The summed E-state index contributed by atoms with van der Waals surface area (Å²) >= 11 is 0. The first-order valence-electron chi connectivity index (χ1n) is 5.28. The van der Waals surface area contributed by atoms with Gasteiger partial charge in [-0.25, -0.2) is 0 Å². The van der Waals surface area contributed by atoms with Crippen molar-refractivity contribution in [3.8, 4) is 0 Å². The van der Waals surface area contributed by atoms with E-state index in [4.69, 9.17) is 5.11 Å². The molecule has 0 bridgehead atoms. The normalized spacial score (nSPS) is 11.2. The summed E-state index contributed by atoms with van der Waals surface area (Å²) in [6.07, 6.45) is 1.56. The first kappa shape index (κ1) is 13.1. The first-order chi connectivity index (χ1) is 7.89. The van der Waals surface area contributed by atoms with Crippen molar-refractivity contribution in [3.63, 3.8) is 0 Å². The summed E-state index contributed by atoms with van der Waals surface area (Å²) in [7, 11) is 0. The van der Waals surface area contributed by atoms with E-state index in [-0.39, 0.29) is 6.54 Å². The number of carbonyl (C=O) groups is 2. The molecule has 7 heteroatoms. The van der Waals surface area contributed by atoms with Crippen LogP contribution in [0.1, 0.15) is 26.6 Å². The van der Waals surface area contributed by atoms with Crippen molar-refractivity contribution in [2.45, 2.75) is 33.9 Å². The second-order valence-corrected chi connectivity index (χ2v) is 4.15. The van der Waals surface area contributed by atoms with Gasteiger partial charge in [0.2, 0.25) is 5.91 Å². The Bertz CT molecular complexity index is 425. The van der Waals surface area contributed by atoms with E-state index in [2.05, 4.69) is 15.5 Å². The Kier molecular flexibility index (Phi) is 3.82. The van der Waals surface area contributed by atoms with Crippen LogP contribution < -0.4 is 5.32 Å². The topological polar surface area (TPSA) is 97.1 Å². The highest BCUT2D eigenvalue weighted by atomic mass is 16.4. The van der Waals surface area contributed by atoms with Gasteiger partial charge in [0.15, 0.2) is 5.82 Å². The molecule has 0 unspecified atom stereocenters. The Morgan fingerprint density at radius 1 is 1.53 bits per heavy atom. The molecule has 1 aromatic rings. The predicted molar refractivity (Wildman–Crippen MR) is 59.0 cm³/mol. The van der Waals surface area contributed by atoms with Gasteiger partial charge >= 0.3 is 5.97 Å². The van der Waals surface area contributed by atoms with Crippen LogP contribution in [0.15, 0.2) is 6.33 Å². The molecule has 2 N–H and O–H groups in total. The molecule has 0 aliphatic rings. The van der Waals surface area contributed by atoms with Crippen LogP contribution in [0.4, 0.5) is 0 Å². The summed E-state index contributed by atoms with van der Waals surface area (Å²) in [5.41, 5.74) is -1.45. The van der Waals surface area contributed by atoms with Gasteiger partial charge in [-0.15, -0.1) is 10.2 Å². The molecule has 0 saturated carbocycles. The van der Waals surface area contributed by atoms with Gasteiger partial charge in [-0.05, 0) is 20.8 Å². The van der Waals surface area contributed by atoms with Gasteiger partial charge in [0.05, 0.1) is 6.54 Å². The van der Waals surface area contributed by atoms with Crippen LogP contribution in [0, 0.1) is 5.41 Å². The van der Waals surface area contributed by atoms with Crippen LogP contribution in [0.5, 0.6) is 0 Å². The monoisotopic (exact) mass is 240 g/mol. The van der Waals surface area contributed by atoms with Crippen LogP contribution in [0.2, 0.25) is 0 Å². The molecule has 0 fully saturated rings. The Morgan fingerprint density at radius 3 is 2.71 bits per heavy atom. The fraction of sp³-hybridized carbons (Fsp3) is 0.600. The quantitative estimate of drug-likeness (QED) is 0.707. The molecule has 0 aliphatic heterocycles. The second-order valence-electron chi connectivity index (χ2n) is 4.15. The smallest absolute Gasteiger partial charge is 0.318 e. The first-order valence-corrected chi connectivity index (χ1v) is 5.28. The van der Waals surface area contributed by atoms with Crippen LogP contribution in [-0.4, -0.2) is 31.7 Å². The Morgan fingerprint density at radius 2 is 2.18 bits per heavy atom. The number of aromatic nitrogens is 3. The van der Waals surface area contributed by atoms with E-state index in [0.717, 1.165) is 0 Å². The largest absolute Gasteiger partial charge is 0.480 e. The van der Waals surface area contributed by atoms with Gasteiger partial charge < -0.3 is 15.0 Å². The molecule has 1 amide bonds. The number of carboxylic acid groups (broad SMARTS) is 1. The highest BCUT2D eigenvalue weighted by Crippen LogP contribution is 2.15. The molecule has 1 aromatic heterocycles. The van der Waals surface area contributed by atoms with Crippen molar-refractivity contribution in [1.82, 2.24) is 20.1 Å². The zero-order valence-corrected chi connectivity index (χ0v) is 10.1. The number of nitrogens with zero attached hydrogens (tertiary/aromatic N) is 3. The van der Waals surface area contributed by atoms with E-state index in [1.165, 1.54) is 13.8 Å². The van der Waals surface area contributed by atoms with Crippen molar-refractivity contribution in [2.75, 3.05) is 0 Å². The average molecular weight is 240 g/mol. The minimum Gasteiger partial charge on any atom is -0.480 e. The Hall–Kier alpha value is -1.92. The summed E-state index contributed by atoms with van der Waals surface area (Å²) in [6.45, 7) is 5.50. The molecule has 94 valence electrons. The number of carboxylic acids is 1. The predicted octanol–water partition coefficient (Wildman–Crippen LogP) is 0.0250. The maximum absolute atomic E-state index is 11.7. The number of hydrogen-bond donors (Lipinski definition) is 2. The van der Waals surface area contributed by atoms with Crippen molar-refractivity contribution >= 4 is 11.9 Å². The van der Waals surface area contributed by atoms with E-state index >= 15 is 0 Å². The maximum atomic E-state index is 11.7. The lowest BCUT2D eigenvalue weighted by atomic mass is 9.93. The Balaban J connectivity index is 2.63. The number of aryl methyl sites for hydroxylation is 1. The molecule has 7 nitrogen and oxygen atoms in total. The lowest BCUT2D eigenvalue weighted by Crippen LogP contribution is -2.42. The number of amides is 1. The minimum absolute atomic E-state index is 0.170. The fourth-order valence-electron chi connectivity index (χ4n) is 1.16. The molecule has 0 atom stereocenters. The highest BCUT2D eigenvalue weighted by molar-refractivity contribution is 6.00. The van der Waals surface area contributed by atoms with Crippen molar-refractivity contribution in [1.29, 1.82) is 0 Å². The minimum atomic E-state index is -1.45. The summed E-state index contributed by atoms with van der Waals surface area (Å²) in [5, 5.41) is 19.0. The van der Waals surface area contributed by atoms with Crippen molar-refractivity contribution in [2.24, 2.45) is 5.41 Å². The van der Waals surface area contributed by atoms with Gasteiger partial charge in [0, 0.05) is 6.54 Å². The van der Waals surface area contributed by atoms with Crippen LogP contribution >= 0.6 is 0 Å². The maximum Gasteiger partial charge on any atom is 0.318 e. The van der Waals surface area contributed by atoms with E-state index in [1.54, 1.807) is 10.9 Å². The summed E-state index contributed by atoms with van der Waals surface area (Å²) in [5.74, 6) is -1.11. The number of nitrogens with one attached hydrogen (secondary N) is 1. The second kappa shape index (κ2) is 4.94. The molecule has 0 saturated heterocycles. The summed E-state index contributed by atoms with van der Waals surface area (Å²) < 4.78 is 1.77. The van der Waals surface area contributed by atoms with Crippen molar-refractivity contribution in [3.05, 3.63) is 12.2 Å². The highest BCUT2D eigenvalue weighted by Gasteiger charge is 2.35. The molecule has 0 aliphatic carbocycles. The third-order valence-corrected chi connectivity index (χ3v) is 2.55. The SMILES string of the molecule is CCn1cnnc1CNC(=O)C(C)(C)C(=O)O. The zero-order chi connectivity index (χ0) is 13.1. The average Bonchev–Trinajstić information content (AvgIpc) is 2.72. The summed E-state index contributed by atoms with van der Waals surface area (Å²) in [6, 6.07) is 0. The van der Waals surface area contributed by atoms with Gasteiger partial charge in [-0.1, -0.05) is 0 Å². The standard InChI is InChI=1S/C10H16N4O3/c1-4-14-6-12-13-7(14)5-11-8(15)10(2,3)9(16)17/h6H,4-5H2,1-3H3,(H,11,15)(H,16,17). The van der Waals surface area contributed by atoms with E-state index in [1.807, 2.05) is 6.92 Å². The Labute approximate surface area is 98.8 Å². The van der Waals surface area contributed by atoms with E-state index < -0.39 is 17.3 Å². The molecule has 0 radical (unpaired) electrons. The van der Waals surface area contributed by atoms with E-state index in [9.17, 15) is 9.59 Å². The van der Waals surface area contributed by atoms with Crippen LogP contribution in [0.3, 0.4) is 0 Å². The zero-order valence-electron chi connectivity index (χ0n) is 10.1. The van der Waals surface area contributed by atoms with Crippen LogP contribution in [-0.2, 0) is 22.7 Å². The molecule has 1 rings (SSSR count). The van der Waals surface area contributed by atoms with Crippen molar-refractivity contribution < 1.29 is 14.7 Å². The van der Waals surface area contributed by atoms with Gasteiger partial charge in [-0.3, -0.25) is 9.59 Å². The molecule has 17 heavy (non-hydrogen) atoms.